The summed E-state index contributed by atoms with van der Waals surface area (Å²) in [5, 5.41) is 2.60. The van der Waals surface area contributed by atoms with Crippen molar-refractivity contribution in [2.75, 3.05) is 5.32 Å². The Hall–Kier alpha value is -4.00. The normalized spacial score (nSPS) is 17.1. The second kappa shape index (κ2) is 9.22. The molecule has 0 aliphatic heterocycles. The minimum absolute atomic E-state index is 0.0827. The van der Waals surface area contributed by atoms with Gasteiger partial charge in [-0.1, -0.05) is 48.5 Å². The Bertz CT molecular complexity index is 1350. The van der Waals surface area contributed by atoms with Gasteiger partial charge in [0.2, 0.25) is 5.91 Å². The molecule has 6 nitrogen and oxygen atoms in total. The van der Waals surface area contributed by atoms with Crippen LogP contribution in [-0.2, 0) is 16.0 Å². The fourth-order valence-corrected chi connectivity index (χ4v) is 5.84. The third-order valence-electron chi connectivity index (χ3n) is 7.40. The van der Waals surface area contributed by atoms with Crippen LogP contribution >= 0.6 is 0 Å². The van der Waals surface area contributed by atoms with Crippen molar-refractivity contribution in [1.29, 1.82) is 0 Å². The van der Waals surface area contributed by atoms with Crippen molar-refractivity contribution in [2.45, 2.75) is 45.1 Å². The number of fused-ring (bicyclic) bond motifs is 4. The van der Waals surface area contributed by atoms with Crippen molar-refractivity contribution < 1.29 is 23.5 Å². The first kappa shape index (κ1) is 23.7. The van der Waals surface area contributed by atoms with E-state index in [-0.39, 0.29) is 23.0 Å². The smallest absolute Gasteiger partial charge is 0.404 e. The first-order chi connectivity index (χ1) is 17.3. The van der Waals surface area contributed by atoms with E-state index in [1.165, 1.54) is 13.0 Å². The molecule has 2 aliphatic carbocycles. The Morgan fingerprint density at radius 2 is 1.72 bits per heavy atom. The van der Waals surface area contributed by atoms with E-state index in [9.17, 15) is 18.8 Å². The first-order valence-electron chi connectivity index (χ1n) is 12.0. The van der Waals surface area contributed by atoms with Crippen molar-refractivity contribution in [3.8, 4) is 11.1 Å². The van der Waals surface area contributed by atoms with Crippen LogP contribution in [0.1, 0.15) is 58.3 Å². The number of amides is 2. The molecule has 2 unspecified atom stereocenters. The molecular formula is C29H27FN2O4. The van der Waals surface area contributed by atoms with Gasteiger partial charge in [-0.3, -0.25) is 9.59 Å². The van der Waals surface area contributed by atoms with Gasteiger partial charge in [0.1, 0.15) is 11.9 Å². The number of carbonyl (C=O) groups is 3. The summed E-state index contributed by atoms with van der Waals surface area (Å²) in [7, 11) is 0. The molecule has 2 amide bonds. The van der Waals surface area contributed by atoms with E-state index in [1.807, 2.05) is 24.3 Å². The summed E-state index contributed by atoms with van der Waals surface area (Å²) < 4.78 is 20.2. The highest BCUT2D eigenvalue weighted by molar-refractivity contribution is 6.08. The summed E-state index contributed by atoms with van der Waals surface area (Å²) in [6.45, 7) is 2.94. The maximum atomic E-state index is 14.6. The van der Waals surface area contributed by atoms with Crippen molar-refractivity contribution in [3.63, 3.8) is 0 Å². The fraction of sp³-hybridized carbons (Fsp3) is 0.276. The van der Waals surface area contributed by atoms with E-state index in [0.717, 1.165) is 22.3 Å². The molecule has 0 bridgehead atoms. The average molecular weight is 487 g/mol. The van der Waals surface area contributed by atoms with Crippen LogP contribution in [0.4, 0.5) is 14.9 Å². The zero-order valence-electron chi connectivity index (χ0n) is 20.1. The molecule has 5 rings (SSSR count). The number of hydrogen-bond donors (Lipinski definition) is 2. The van der Waals surface area contributed by atoms with E-state index in [1.54, 1.807) is 6.92 Å². The lowest BCUT2D eigenvalue weighted by molar-refractivity contribution is -0.114. The van der Waals surface area contributed by atoms with Crippen LogP contribution in [0, 0.1) is 18.7 Å². The Kier molecular flexibility index (Phi) is 6.08. The molecule has 0 radical (unpaired) electrons. The number of hydrogen-bond acceptors (Lipinski definition) is 4. The van der Waals surface area contributed by atoms with Gasteiger partial charge in [0.25, 0.3) is 0 Å². The largest absolute Gasteiger partial charge is 0.446 e. The quantitative estimate of drug-likeness (QED) is 0.497. The van der Waals surface area contributed by atoms with Crippen molar-refractivity contribution in [2.24, 2.45) is 11.7 Å². The van der Waals surface area contributed by atoms with Crippen LogP contribution in [0.3, 0.4) is 0 Å². The number of Topliss-reactive ketones (excluding diaryl/α,β-unsaturated/α-hetero) is 1. The summed E-state index contributed by atoms with van der Waals surface area (Å²) in [5.41, 5.74) is 11.3. The number of anilines is 1. The van der Waals surface area contributed by atoms with Gasteiger partial charge in [-0.05, 0) is 65.6 Å². The van der Waals surface area contributed by atoms with Gasteiger partial charge in [0, 0.05) is 18.4 Å². The minimum Gasteiger partial charge on any atom is -0.446 e. The number of rotatable bonds is 5. The number of nitrogens with two attached hydrogens (primary N) is 1. The van der Waals surface area contributed by atoms with Gasteiger partial charge >= 0.3 is 6.09 Å². The Labute approximate surface area is 208 Å². The van der Waals surface area contributed by atoms with E-state index < -0.39 is 29.8 Å². The van der Waals surface area contributed by atoms with Crippen molar-refractivity contribution >= 4 is 23.5 Å². The molecule has 3 N–H and O–H groups in total. The lowest BCUT2D eigenvalue weighted by Gasteiger charge is -2.33. The lowest BCUT2D eigenvalue weighted by Crippen LogP contribution is -2.39. The van der Waals surface area contributed by atoms with Gasteiger partial charge in [-0.25, -0.2) is 9.18 Å². The second-order valence-electron chi connectivity index (χ2n) is 9.51. The highest BCUT2D eigenvalue weighted by Crippen LogP contribution is 2.48. The maximum absolute atomic E-state index is 14.6. The molecule has 36 heavy (non-hydrogen) atoms. The van der Waals surface area contributed by atoms with Gasteiger partial charge in [0.15, 0.2) is 5.78 Å². The highest BCUT2D eigenvalue weighted by Gasteiger charge is 2.41. The number of primary amides is 1. The molecule has 0 saturated carbocycles. The number of carbonyl (C=O) groups excluding carboxylic acids is 3. The minimum atomic E-state index is -0.949. The molecule has 0 saturated heterocycles. The number of nitrogens with one attached hydrogen (secondary N) is 1. The molecule has 3 aromatic rings. The van der Waals surface area contributed by atoms with Crippen molar-refractivity contribution in [1.82, 2.24) is 0 Å². The Balaban J connectivity index is 1.54. The van der Waals surface area contributed by atoms with Gasteiger partial charge < -0.3 is 15.8 Å². The predicted octanol–water partition coefficient (Wildman–Crippen LogP) is 5.50. The average Bonchev–Trinajstić information content (AvgIpc) is 3.15. The second-order valence-corrected chi connectivity index (χ2v) is 9.51. The number of benzene rings is 3. The van der Waals surface area contributed by atoms with Gasteiger partial charge in [0.05, 0.1) is 11.6 Å². The van der Waals surface area contributed by atoms with Gasteiger partial charge in [-0.2, -0.15) is 0 Å². The molecule has 0 spiro atoms. The fourth-order valence-electron chi connectivity index (χ4n) is 5.84. The van der Waals surface area contributed by atoms with Crippen LogP contribution in [-0.4, -0.2) is 23.9 Å². The number of ketones is 1. The molecule has 184 valence electrons. The Morgan fingerprint density at radius 3 is 2.31 bits per heavy atom. The summed E-state index contributed by atoms with van der Waals surface area (Å²) >= 11 is 0. The van der Waals surface area contributed by atoms with Crippen molar-refractivity contribution in [3.05, 3.63) is 88.2 Å². The summed E-state index contributed by atoms with van der Waals surface area (Å²) in [6.07, 6.45) is -0.571. The van der Waals surface area contributed by atoms with E-state index >= 15 is 0 Å². The van der Waals surface area contributed by atoms with Crippen LogP contribution in [0.2, 0.25) is 0 Å². The van der Waals surface area contributed by atoms with Gasteiger partial charge in [-0.15, -0.1) is 0 Å². The SMILES string of the molecule is CC(=O)Nc1cc(F)c(C)c2c1C(=O)C(C(CC1c3ccccc3-c3ccccc31)OC(N)=O)CC2. The maximum Gasteiger partial charge on any atom is 0.404 e. The lowest BCUT2D eigenvalue weighted by atomic mass is 9.75. The number of ether oxygens (including phenoxy) is 1. The topological polar surface area (TPSA) is 98.5 Å². The first-order valence-corrected chi connectivity index (χ1v) is 12.0. The highest BCUT2D eigenvalue weighted by atomic mass is 19.1. The predicted molar refractivity (Wildman–Crippen MR) is 134 cm³/mol. The summed E-state index contributed by atoms with van der Waals surface area (Å²) in [5.74, 6) is -1.93. The van der Waals surface area contributed by atoms with Crippen LogP contribution in [0.15, 0.2) is 54.6 Å². The standard InChI is InChI=1S/C29H27FN2O4/c1-15-17-11-12-22(28(34)27(17)25(14-24(15)30)32-16(2)33)26(36-29(31)35)13-23-20-9-5-3-7-18(20)19-8-4-6-10-21(19)23/h3-10,14,22-23,26H,11-13H2,1-2H3,(H2,31,35)(H,32,33). The van der Waals surface area contributed by atoms with E-state index in [0.29, 0.717) is 30.4 Å². The third kappa shape index (κ3) is 4.04. The van der Waals surface area contributed by atoms with Crippen LogP contribution in [0.5, 0.6) is 0 Å². The molecular weight excluding hydrogens is 459 g/mol. The molecule has 0 aromatic heterocycles. The van der Waals surface area contributed by atoms with Crippen LogP contribution in [0.25, 0.3) is 11.1 Å². The van der Waals surface area contributed by atoms with E-state index in [2.05, 4.69) is 29.6 Å². The molecule has 7 heteroatoms. The number of halogens is 1. The summed E-state index contributed by atoms with van der Waals surface area (Å²) in [4.78, 5) is 37.6. The van der Waals surface area contributed by atoms with E-state index in [4.69, 9.17) is 10.5 Å². The monoisotopic (exact) mass is 486 g/mol. The molecule has 0 fully saturated rings. The zero-order valence-corrected chi connectivity index (χ0v) is 20.1. The molecule has 2 aliphatic rings. The zero-order chi connectivity index (χ0) is 25.6. The molecule has 3 aromatic carbocycles. The molecule has 2 atom stereocenters. The summed E-state index contributed by atoms with van der Waals surface area (Å²) in [6, 6.07) is 17.4. The third-order valence-corrected chi connectivity index (χ3v) is 7.40. The molecule has 0 heterocycles. The van der Waals surface area contributed by atoms with Crippen LogP contribution < -0.4 is 11.1 Å². The Morgan fingerprint density at radius 1 is 1.11 bits per heavy atom.